The van der Waals surface area contributed by atoms with E-state index in [0.717, 1.165) is 31.6 Å². The van der Waals surface area contributed by atoms with Crippen LogP contribution in [-0.2, 0) is 12.8 Å². The standard InChI is InChI=1S/C16H19NOS/c17-15(6-5-12-7-8-19-11-12)14-9-13-3-1-2-4-16(13)18-10-14/h1-4,7-8,11,14-15H,5-6,9-10,17H2. The molecule has 19 heavy (non-hydrogen) atoms. The highest BCUT2D eigenvalue weighted by Gasteiger charge is 2.24. The zero-order valence-corrected chi connectivity index (χ0v) is 11.7. The molecule has 0 aliphatic carbocycles. The van der Waals surface area contributed by atoms with E-state index in [9.17, 15) is 0 Å². The Bertz CT molecular complexity index is 523. The van der Waals surface area contributed by atoms with Crippen LogP contribution in [0.15, 0.2) is 41.1 Å². The van der Waals surface area contributed by atoms with Crippen LogP contribution in [0.5, 0.6) is 5.75 Å². The normalized spacial score (nSPS) is 19.5. The Labute approximate surface area is 118 Å². The van der Waals surface area contributed by atoms with E-state index < -0.39 is 0 Å². The highest BCUT2D eigenvalue weighted by molar-refractivity contribution is 7.07. The average Bonchev–Trinajstić information content (AvgIpc) is 2.97. The predicted octanol–water partition coefficient (Wildman–Crippen LogP) is 3.26. The molecule has 2 aromatic rings. The van der Waals surface area contributed by atoms with Gasteiger partial charge in [0.1, 0.15) is 5.75 Å². The minimum absolute atomic E-state index is 0.216. The van der Waals surface area contributed by atoms with E-state index in [1.807, 2.05) is 12.1 Å². The van der Waals surface area contributed by atoms with Crippen molar-refractivity contribution < 1.29 is 4.74 Å². The Hall–Kier alpha value is -1.32. The van der Waals surface area contributed by atoms with Crippen LogP contribution < -0.4 is 10.5 Å². The summed E-state index contributed by atoms with van der Waals surface area (Å²) in [6, 6.07) is 10.7. The molecule has 1 aliphatic rings. The second-order valence-corrected chi connectivity index (χ2v) is 6.00. The molecule has 1 aromatic carbocycles. The van der Waals surface area contributed by atoms with Crippen molar-refractivity contribution in [2.45, 2.75) is 25.3 Å². The number of hydrogen-bond donors (Lipinski definition) is 1. The predicted molar refractivity (Wildman–Crippen MR) is 79.7 cm³/mol. The first-order valence-corrected chi connectivity index (χ1v) is 7.74. The molecule has 3 rings (SSSR count). The largest absolute Gasteiger partial charge is 0.493 e. The number of fused-ring (bicyclic) bond motifs is 1. The Kier molecular flexibility index (Phi) is 3.85. The van der Waals surface area contributed by atoms with E-state index in [4.69, 9.17) is 10.5 Å². The summed E-state index contributed by atoms with van der Waals surface area (Å²) in [5.41, 5.74) is 9.04. The Morgan fingerprint density at radius 2 is 2.21 bits per heavy atom. The highest BCUT2D eigenvalue weighted by Crippen LogP contribution is 2.28. The van der Waals surface area contributed by atoms with Gasteiger partial charge in [0.15, 0.2) is 0 Å². The second kappa shape index (κ2) is 5.76. The molecule has 0 saturated carbocycles. The zero-order valence-electron chi connectivity index (χ0n) is 10.9. The summed E-state index contributed by atoms with van der Waals surface area (Å²) in [4.78, 5) is 0. The van der Waals surface area contributed by atoms with Crippen LogP contribution in [0.25, 0.3) is 0 Å². The Balaban J connectivity index is 1.58. The van der Waals surface area contributed by atoms with E-state index in [-0.39, 0.29) is 6.04 Å². The van der Waals surface area contributed by atoms with Gasteiger partial charge in [0, 0.05) is 12.0 Å². The van der Waals surface area contributed by atoms with Crippen LogP contribution in [0.1, 0.15) is 17.5 Å². The van der Waals surface area contributed by atoms with Gasteiger partial charge in [-0.3, -0.25) is 0 Å². The SMILES string of the molecule is NC(CCc1ccsc1)C1COc2ccccc2C1. The molecule has 3 heteroatoms. The topological polar surface area (TPSA) is 35.2 Å². The highest BCUT2D eigenvalue weighted by atomic mass is 32.1. The monoisotopic (exact) mass is 273 g/mol. The molecule has 2 heterocycles. The fraction of sp³-hybridized carbons (Fsp3) is 0.375. The van der Waals surface area contributed by atoms with Crippen LogP contribution in [-0.4, -0.2) is 12.6 Å². The lowest BCUT2D eigenvalue weighted by Crippen LogP contribution is -2.38. The number of hydrogen-bond acceptors (Lipinski definition) is 3. The van der Waals surface area contributed by atoms with Crippen molar-refractivity contribution in [2.24, 2.45) is 11.7 Å². The molecule has 1 aromatic heterocycles. The first kappa shape index (κ1) is 12.7. The van der Waals surface area contributed by atoms with Crippen LogP contribution in [0.2, 0.25) is 0 Å². The summed E-state index contributed by atoms with van der Waals surface area (Å²) >= 11 is 1.75. The molecule has 0 amide bonds. The maximum Gasteiger partial charge on any atom is 0.122 e. The van der Waals surface area contributed by atoms with Crippen LogP contribution in [0.3, 0.4) is 0 Å². The summed E-state index contributed by atoms with van der Waals surface area (Å²) in [6.07, 6.45) is 3.15. The average molecular weight is 273 g/mol. The fourth-order valence-corrected chi connectivity index (χ4v) is 3.33. The molecule has 2 N–H and O–H groups in total. The summed E-state index contributed by atoms with van der Waals surface area (Å²) < 4.78 is 5.82. The molecule has 0 spiro atoms. The van der Waals surface area contributed by atoms with Crippen molar-refractivity contribution in [2.75, 3.05) is 6.61 Å². The molecular weight excluding hydrogens is 254 g/mol. The molecule has 0 bridgehead atoms. The second-order valence-electron chi connectivity index (χ2n) is 5.22. The maximum atomic E-state index is 6.35. The number of aryl methyl sites for hydroxylation is 1. The van der Waals surface area contributed by atoms with E-state index in [0.29, 0.717) is 5.92 Å². The van der Waals surface area contributed by atoms with Crippen LogP contribution in [0, 0.1) is 5.92 Å². The van der Waals surface area contributed by atoms with E-state index >= 15 is 0 Å². The smallest absolute Gasteiger partial charge is 0.122 e. The molecule has 0 radical (unpaired) electrons. The van der Waals surface area contributed by atoms with Crippen LogP contribution >= 0.6 is 11.3 Å². The molecule has 1 aliphatic heterocycles. The first-order valence-electron chi connectivity index (χ1n) is 6.80. The number of thiophene rings is 1. The van der Waals surface area contributed by atoms with E-state index in [2.05, 4.69) is 29.0 Å². The third-order valence-electron chi connectivity index (χ3n) is 3.86. The molecule has 0 saturated heterocycles. The number of ether oxygens (including phenoxy) is 1. The van der Waals surface area contributed by atoms with Crippen LogP contribution in [0.4, 0.5) is 0 Å². The fourth-order valence-electron chi connectivity index (χ4n) is 2.63. The van der Waals surface area contributed by atoms with Gasteiger partial charge in [-0.25, -0.2) is 0 Å². The van der Waals surface area contributed by atoms with Crippen molar-refractivity contribution in [3.63, 3.8) is 0 Å². The Morgan fingerprint density at radius 1 is 1.32 bits per heavy atom. The lowest BCUT2D eigenvalue weighted by molar-refractivity contribution is 0.195. The molecular formula is C16H19NOS. The first-order chi connectivity index (χ1) is 9.33. The lowest BCUT2D eigenvalue weighted by Gasteiger charge is -2.29. The summed E-state index contributed by atoms with van der Waals surface area (Å²) in [7, 11) is 0. The minimum Gasteiger partial charge on any atom is -0.493 e. The molecule has 2 nitrogen and oxygen atoms in total. The van der Waals surface area contributed by atoms with Gasteiger partial charge in [-0.2, -0.15) is 11.3 Å². The third kappa shape index (κ3) is 2.99. The minimum atomic E-state index is 0.216. The quantitative estimate of drug-likeness (QED) is 0.928. The van der Waals surface area contributed by atoms with Gasteiger partial charge in [-0.1, -0.05) is 18.2 Å². The molecule has 100 valence electrons. The Morgan fingerprint density at radius 3 is 3.05 bits per heavy atom. The molecule has 0 fully saturated rings. The van der Waals surface area contributed by atoms with E-state index in [1.165, 1.54) is 11.1 Å². The summed E-state index contributed by atoms with van der Waals surface area (Å²) in [5, 5.41) is 4.33. The third-order valence-corrected chi connectivity index (χ3v) is 4.59. The number of benzene rings is 1. The van der Waals surface area contributed by atoms with Crippen molar-refractivity contribution in [3.05, 3.63) is 52.2 Å². The maximum absolute atomic E-state index is 6.35. The van der Waals surface area contributed by atoms with Gasteiger partial charge in [0.25, 0.3) is 0 Å². The zero-order chi connectivity index (χ0) is 13.1. The lowest BCUT2D eigenvalue weighted by atomic mass is 9.88. The van der Waals surface area contributed by atoms with Crippen molar-refractivity contribution in [1.82, 2.24) is 0 Å². The van der Waals surface area contributed by atoms with E-state index in [1.54, 1.807) is 11.3 Å². The number of para-hydroxylation sites is 1. The van der Waals surface area contributed by atoms with Gasteiger partial charge in [0.2, 0.25) is 0 Å². The van der Waals surface area contributed by atoms with Crippen molar-refractivity contribution >= 4 is 11.3 Å². The summed E-state index contributed by atoms with van der Waals surface area (Å²) in [5.74, 6) is 1.47. The number of nitrogens with two attached hydrogens (primary N) is 1. The van der Waals surface area contributed by atoms with Crippen molar-refractivity contribution in [1.29, 1.82) is 0 Å². The van der Waals surface area contributed by atoms with Crippen molar-refractivity contribution in [3.8, 4) is 5.75 Å². The van der Waals surface area contributed by atoms with Gasteiger partial charge in [-0.05, 0) is 53.3 Å². The molecule has 2 atom stereocenters. The van der Waals surface area contributed by atoms with Gasteiger partial charge in [-0.15, -0.1) is 0 Å². The number of rotatable bonds is 4. The summed E-state index contributed by atoms with van der Waals surface area (Å²) in [6.45, 7) is 0.752. The van der Waals surface area contributed by atoms with Gasteiger partial charge >= 0.3 is 0 Å². The molecule has 2 unspecified atom stereocenters. The van der Waals surface area contributed by atoms with Gasteiger partial charge in [0.05, 0.1) is 6.61 Å². The van der Waals surface area contributed by atoms with Gasteiger partial charge < -0.3 is 10.5 Å².